The van der Waals surface area contributed by atoms with Crippen LogP contribution in [0.25, 0.3) is 11.0 Å². The van der Waals surface area contributed by atoms with E-state index in [4.69, 9.17) is 9.15 Å². The van der Waals surface area contributed by atoms with Gasteiger partial charge in [-0.3, -0.25) is 4.79 Å². The first-order valence-electron chi connectivity index (χ1n) is 8.64. The number of carbonyl (C=O) groups excluding carboxylic acids is 2. The molecule has 0 saturated heterocycles. The molecule has 6 heteroatoms. The summed E-state index contributed by atoms with van der Waals surface area (Å²) in [5.74, 6) is -1.20. The number of ether oxygens (including phenoxy) is 1. The van der Waals surface area contributed by atoms with Crippen LogP contribution in [0.1, 0.15) is 22.8 Å². The van der Waals surface area contributed by atoms with Crippen molar-refractivity contribution in [1.82, 2.24) is 0 Å². The van der Waals surface area contributed by atoms with Gasteiger partial charge >= 0.3 is 11.6 Å². The molecule has 0 bridgehead atoms. The van der Waals surface area contributed by atoms with E-state index in [1.54, 1.807) is 29.2 Å². The van der Waals surface area contributed by atoms with Crippen molar-refractivity contribution in [3.8, 4) is 0 Å². The molecule has 0 unspecified atom stereocenters. The quantitative estimate of drug-likeness (QED) is 0.528. The van der Waals surface area contributed by atoms with Crippen molar-refractivity contribution in [2.75, 3.05) is 11.5 Å². The van der Waals surface area contributed by atoms with E-state index in [-0.39, 0.29) is 17.5 Å². The first kappa shape index (κ1) is 17.0. The Morgan fingerprint density at radius 1 is 1.15 bits per heavy atom. The van der Waals surface area contributed by atoms with E-state index in [1.165, 1.54) is 6.07 Å². The second-order valence-electron chi connectivity index (χ2n) is 6.51. The lowest BCUT2D eigenvalue weighted by atomic mass is 10.1. The van der Waals surface area contributed by atoms with E-state index < -0.39 is 18.2 Å². The number of amides is 1. The third kappa shape index (κ3) is 3.10. The molecule has 1 aliphatic rings. The fraction of sp³-hybridized carbons (Fsp3) is 0.190. The van der Waals surface area contributed by atoms with E-state index in [2.05, 4.69) is 0 Å². The zero-order valence-corrected chi connectivity index (χ0v) is 14.7. The van der Waals surface area contributed by atoms with Crippen molar-refractivity contribution >= 4 is 28.5 Å². The smallest absolute Gasteiger partial charge is 0.351 e. The molecule has 1 aromatic heterocycles. The van der Waals surface area contributed by atoms with Crippen LogP contribution in [0.15, 0.2) is 63.8 Å². The van der Waals surface area contributed by atoms with Gasteiger partial charge in [0, 0.05) is 17.1 Å². The highest BCUT2D eigenvalue weighted by Crippen LogP contribution is 2.31. The summed E-state index contributed by atoms with van der Waals surface area (Å²) in [7, 11) is 0. The van der Waals surface area contributed by atoms with Crippen molar-refractivity contribution in [2.24, 2.45) is 0 Å². The minimum atomic E-state index is -0.872. The maximum Gasteiger partial charge on any atom is 0.351 e. The van der Waals surface area contributed by atoms with E-state index in [0.29, 0.717) is 11.0 Å². The number of benzene rings is 2. The van der Waals surface area contributed by atoms with Crippen LogP contribution < -0.4 is 10.5 Å². The van der Waals surface area contributed by atoms with Crippen molar-refractivity contribution in [1.29, 1.82) is 0 Å². The molecule has 27 heavy (non-hydrogen) atoms. The zero-order valence-electron chi connectivity index (χ0n) is 14.7. The molecule has 1 amide bonds. The van der Waals surface area contributed by atoms with Gasteiger partial charge in [0.1, 0.15) is 11.1 Å². The molecule has 0 spiro atoms. The second-order valence-corrected chi connectivity index (χ2v) is 6.51. The van der Waals surface area contributed by atoms with Gasteiger partial charge in [0.2, 0.25) is 0 Å². The number of carbonyl (C=O) groups is 2. The summed E-state index contributed by atoms with van der Waals surface area (Å²) in [5, 5.41) is 0.609. The highest BCUT2D eigenvalue weighted by Gasteiger charge is 2.31. The summed E-state index contributed by atoms with van der Waals surface area (Å²) >= 11 is 0. The number of hydrogen-bond acceptors (Lipinski definition) is 5. The Labute approximate surface area is 155 Å². The number of rotatable bonds is 3. The summed E-state index contributed by atoms with van der Waals surface area (Å²) in [5.41, 5.74) is 1.29. The van der Waals surface area contributed by atoms with Crippen LogP contribution >= 0.6 is 0 Å². The molecule has 0 radical (unpaired) electrons. The van der Waals surface area contributed by atoms with Crippen LogP contribution in [0, 0.1) is 0 Å². The van der Waals surface area contributed by atoms with Crippen molar-refractivity contribution in [3.63, 3.8) is 0 Å². The molecule has 3 aromatic rings. The monoisotopic (exact) mass is 363 g/mol. The molecular weight excluding hydrogens is 346 g/mol. The number of hydrogen-bond donors (Lipinski definition) is 0. The van der Waals surface area contributed by atoms with Crippen LogP contribution in [0.4, 0.5) is 5.69 Å². The Kier molecular flexibility index (Phi) is 4.24. The standard InChI is InChI=1S/C21H17NO5/c1-13-10-14-6-2-4-8-17(14)22(13)19(23)12-26-20(24)16-11-15-7-3-5-9-18(15)27-21(16)25/h2-9,11,13H,10,12H2,1H3/t13-/m1/s1. The predicted octanol–water partition coefficient (Wildman–Crippen LogP) is 2.93. The third-order valence-corrected chi connectivity index (χ3v) is 4.66. The van der Waals surface area contributed by atoms with E-state index in [1.807, 2.05) is 31.2 Å². The number of para-hydroxylation sites is 2. The average molecular weight is 363 g/mol. The van der Waals surface area contributed by atoms with E-state index in [0.717, 1.165) is 17.7 Å². The Morgan fingerprint density at radius 3 is 2.74 bits per heavy atom. The summed E-state index contributed by atoms with van der Waals surface area (Å²) in [6, 6.07) is 15.9. The van der Waals surface area contributed by atoms with Crippen LogP contribution in [-0.4, -0.2) is 24.5 Å². The highest BCUT2D eigenvalue weighted by atomic mass is 16.5. The highest BCUT2D eigenvalue weighted by molar-refractivity contribution is 5.99. The minimum Gasteiger partial charge on any atom is -0.452 e. The van der Waals surface area contributed by atoms with Gasteiger partial charge in [-0.2, -0.15) is 0 Å². The van der Waals surface area contributed by atoms with Gasteiger partial charge in [-0.25, -0.2) is 9.59 Å². The molecule has 0 N–H and O–H groups in total. The molecule has 6 nitrogen and oxygen atoms in total. The van der Waals surface area contributed by atoms with Crippen LogP contribution in [0.5, 0.6) is 0 Å². The van der Waals surface area contributed by atoms with Crippen molar-refractivity contribution in [3.05, 3.63) is 76.1 Å². The Balaban J connectivity index is 1.51. The van der Waals surface area contributed by atoms with Gasteiger partial charge in [0.05, 0.1) is 0 Å². The Morgan fingerprint density at radius 2 is 1.89 bits per heavy atom. The summed E-state index contributed by atoms with van der Waals surface area (Å²) in [6.45, 7) is 1.50. The predicted molar refractivity (Wildman–Crippen MR) is 99.9 cm³/mol. The Bertz CT molecular complexity index is 1100. The van der Waals surface area contributed by atoms with Gasteiger partial charge in [-0.15, -0.1) is 0 Å². The fourth-order valence-electron chi connectivity index (χ4n) is 3.42. The SMILES string of the molecule is C[C@@H]1Cc2ccccc2N1C(=O)COC(=O)c1cc2ccccc2oc1=O. The molecule has 1 aliphatic heterocycles. The average Bonchev–Trinajstić information content (AvgIpc) is 3.01. The van der Waals surface area contributed by atoms with Gasteiger partial charge < -0.3 is 14.1 Å². The first-order valence-corrected chi connectivity index (χ1v) is 8.64. The normalized spacial score (nSPS) is 15.6. The number of fused-ring (bicyclic) bond motifs is 2. The maximum atomic E-state index is 12.6. The number of nitrogens with zero attached hydrogens (tertiary/aromatic N) is 1. The maximum absolute atomic E-state index is 12.6. The lowest BCUT2D eigenvalue weighted by molar-refractivity contribution is -0.122. The molecule has 2 heterocycles. The van der Waals surface area contributed by atoms with Gasteiger partial charge in [-0.1, -0.05) is 36.4 Å². The summed E-state index contributed by atoms with van der Waals surface area (Å²) < 4.78 is 10.2. The minimum absolute atomic E-state index is 0.0145. The number of esters is 1. The van der Waals surface area contributed by atoms with Gasteiger partial charge in [0.15, 0.2) is 6.61 Å². The largest absolute Gasteiger partial charge is 0.452 e. The van der Waals surface area contributed by atoms with Crippen molar-refractivity contribution < 1.29 is 18.7 Å². The molecule has 2 aromatic carbocycles. The summed E-state index contributed by atoms with van der Waals surface area (Å²) in [6.07, 6.45) is 0.754. The summed E-state index contributed by atoms with van der Waals surface area (Å²) in [4.78, 5) is 38.6. The molecule has 0 aliphatic carbocycles. The van der Waals surface area contributed by atoms with Crippen LogP contribution in [0.3, 0.4) is 0 Å². The molecule has 136 valence electrons. The Hall–Kier alpha value is -3.41. The van der Waals surface area contributed by atoms with E-state index in [9.17, 15) is 14.4 Å². The first-order chi connectivity index (χ1) is 13.0. The fourth-order valence-corrected chi connectivity index (χ4v) is 3.42. The van der Waals surface area contributed by atoms with E-state index >= 15 is 0 Å². The van der Waals surface area contributed by atoms with Crippen LogP contribution in [-0.2, 0) is 16.0 Å². The molecular formula is C21H17NO5. The third-order valence-electron chi connectivity index (χ3n) is 4.66. The van der Waals surface area contributed by atoms with Crippen LogP contribution in [0.2, 0.25) is 0 Å². The zero-order chi connectivity index (χ0) is 19.0. The molecule has 1 atom stereocenters. The second kappa shape index (κ2) is 6.72. The molecule has 0 saturated carbocycles. The molecule has 4 rings (SSSR count). The van der Waals surface area contributed by atoms with Gasteiger partial charge in [0.25, 0.3) is 5.91 Å². The number of anilines is 1. The molecule has 0 fully saturated rings. The topological polar surface area (TPSA) is 76.8 Å². The lowest BCUT2D eigenvalue weighted by Gasteiger charge is -2.22. The van der Waals surface area contributed by atoms with Gasteiger partial charge in [-0.05, 0) is 37.1 Å². The lowest BCUT2D eigenvalue weighted by Crippen LogP contribution is -2.39. The van der Waals surface area contributed by atoms with Crippen molar-refractivity contribution in [2.45, 2.75) is 19.4 Å².